The summed E-state index contributed by atoms with van der Waals surface area (Å²) in [4.78, 5) is 16.2. The van der Waals surface area contributed by atoms with Crippen LogP contribution in [0.2, 0.25) is 0 Å². The Hall–Kier alpha value is 0.0300. The zero-order chi connectivity index (χ0) is 13.3. The summed E-state index contributed by atoms with van der Waals surface area (Å²) in [5, 5.41) is 14.9. The van der Waals surface area contributed by atoms with Crippen LogP contribution in [0.4, 0.5) is 0 Å². The molecule has 0 aromatic heterocycles. The van der Waals surface area contributed by atoms with Gasteiger partial charge in [0.2, 0.25) is 5.91 Å². The van der Waals surface area contributed by atoms with E-state index in [9.17, 15) is 9.90 Å². The molecule has 2 aliphatic rings. The molecule has 1 amide bonds. The molecule has 1 fully saturated rings. The quantitative estimate of drug-likeness (QED) is 0.502. The maximum absolute atomic E-state index is 12.3. The van der Waals surface area contributed by atoms with E-state index >= 15 is 0 Å². The zero-order valence-corrected chi connectivity index (χ0v) is 14.7. The van der Waals surface area contributed by atoms with E-state index in [4.69, 9.17) is 12.2 Å². The summed E-state index contributed by atoms with van der Waals surface area (Å²) in [6, 6.07) is 0. The van der Waals surface area contributed by atoms with Gasteiger partial charge in [0.15, 0.2) is 5.11 Å². The molecule has 2 rings (SSSR count). The predicted molar refractivity (Wildman–Crippen MR) is 72.0 cm³/mol. The Kier molecular flexibility index (Phi) is 5.98. The van der Waals surface area contributed by atoms with Crippen LogP contribution < -0.4 is 40.0 Å². The molecule has 0 saturated heterocycles. The molecule has 1 saturated carbocycles. The largest absolute Gasteiger partial charge is 1.00 e. The van der Waals surface area contributed by atoms with Gasteiger partial charge in [0.05, 0.1) is 5.41 Å². The number of unbranched alkanes of at least 4 members (excludes halogenated alkanes) is 1. The first-order valence-electron chi connectivity index (χ1n) is 6.65. The molecule has 1 N–H and O–H groups in total. The minimum atomic E-state index is -0.947. The van der Waals surface area contributed by atoms with Crippen molar-refractivity contribution in [3.05, 3.63) is 0 Å². The Morgan fingerprint density at radius 2 is 2.21 bits per heavy atom. The first-order chi connectivity index (χ1) is 8.53. The van der Waals surface area contributed by atoms with E-state index in [1.807, 2.05) is 6.92 Å². The van der Waals surface area contributed by atoms with E-state index in [1.54, 1.807) is 0 Å². The topological polar surface area (TPSA) is 64.5 Å². The zero-order valence-electron chi connectivity index (χ0n) is 11.9. The van der Waals surface area contributed by atoms with Gasteiger partial charge in [-0.3, -0.25) is 4.79 Å². The number of amides is 1. The van der Waals surface area contributed by atoms with Crippen molar-refractivity contribution in [1.29, 1.82) is 0 Å². The number of carbonyl (C=O) groups is 1. The van der Waals surface area contributed by atoms with E-state index in [1.165, 1.54) is 0 Å². The predicted octanol–water partition coefficient (Wildman–Crippen LogP) is -1.61. The molecular formula is C13H19N2NaO2S. The number of aliphatic imine (C=N–C) groups is 1. The van der Waals surface area contributed by atoms with Gasteiger partial charge < -0.3 is 10.4 Å². The van der Waals surface area contributed by atoms with Crippen molar-refractivity contribution in [2.24, 2.45) is 22.2 Å². The van der Waals surface area contributed by atoms with Crippen LogP contribution in [0.1, 0.15) is 46.0 Å². The Morgan fingerprint density at radius 3 is 2.79 bits per heavy atom. The van der Waals surface area contributed by atoms with Crippen molar-refractivity contribution in [1.82, 2.24) is 5.32 Å². The smallest absolute Gasteiger partial charge is 0.861 e. The number of nitrogens with zero attached hydrogens (tertiary/aromatic N) is 1. The van der Waals surface area contributed by atoms with Crippen LogP contribution in [0.5, 0.6) is 0 Å². The van der Waals surface area contributed by atoms with Crippen molar-refractivity contribution in [2.75, 3.05) is 0 Å². The van der Waals surface area contributed by atoms with Crippen LogP contribution in [0.25, 0.3) is 0 Å². The maximum Gasteiger partial charge on any atom is 1.00 e. The van der Waals surface area contributed by atoms with Crippen molar-refractivity contribution in [2.45, 2.75) is 46.0 Å². The van der Waals surface area contributed by atoms with Gasteiger partial charge in [0.1, 0.15) is 0 Å². The SMILES string of the molecule is CCCCC1CCC(C)C12C(=O)NC(=S)N=C2[O-].[Na+]. The van der Waals surface area contributed by atoms with Crippen LogP contribution in [0.3, 0.4) is 0 Å². The van der Waals surface area contributed by atoms with Crippen molar-refractivity contribution in [3.63, 3.8) is 0 Å². The summed E-state index contributed by atoms with van der Waals surface area (Å²) in [5.41, 5.74) is -0.947. The molecule has 1 aliphatic carbocycles. The third-order valence-corrected chi connectivity index (χ3v) is 4.62. The van der Waals surface area contributed by atoms with Crippen molar-refractivity contribution < 1.29 is 39.5 Å². The van der Waals surface area contributed by atoms with Gasteiger partial charge in [-0.2, -0.15) is 0 Å². The van der Waals surface area contributed by atoms with Gasteiger partial charge in [-0.15, -0.1) is 0 Å². The average molecular weight is 290 g/mol. The molecule has 4 nitrogen and oxygen atoms in total. The van der Waals surface area contributed by atoms with E-state index in [-0.39, 0.29) is 58.3 Å². The first kappa shape index (κ1) is 17.1. The molecule has 0 aromatic carbocycles. The van der Waals surface area contributed by atoms with Crippen molar-refractivity contribution >= 4 is 29.1 Å². The standard InChI is InChI=1S/C13H20N2O2S.Na/c1-3-4-5-9-7-6-8(2)13(9)10(16)14-12(18)15-11(13)17;/h8-9H,3-7H2,1-2H3,(H2,14,15,16,17,18);/q;+1/p-1. The number of thiocarbonyl (C=S) groups is 1. The monoisotopic (exact) mass is 290 g/mol. The molecule has 1 heterocycles. The Labute approximate surface area is 141 Å². The third-order valence-electron chi connectivity index (χ3n) is 4.43. The molecule has 3 atom stereocenters. The summed E-state index contributed by atoms with van der Waals surface area (Å²) in [5.74, 6) is -0.369. The molecule has 0 aromatic rings. The number of hydrogen-bond acceptors (Lipinski definition) is 3. The van der Waals surface area contributed by atoms with Gasteiger partial charge in [0, 0.05) is 0 Å². The number of carbonyl (C=O) groups excluding carboxylic acids is 1. The summed E-state index contributed by atoms with van der Waals surface area (Å²) in [6.45, 7) is 4.10. The fraction of sp³-hybridized carbons (Fsp3) is 0.769. The fourth-order valence-electron chi connectivity index (χ4n) is 3.44. The normalized spacial score (nSPS) is 33.9. The second-order valence-electron chi connectivity index (χ2n) is 5.36. The first-order valence-corrected chi connectivity index (χ1v) is 7.05. The molecule has 1 spiro atoms. The van der Waals surface area contributed by atoms with E-state index < -0.39 is 5.41 Å². The van der Waals surface area contributed by atoms with E-state index in [0.717, 1.165) is 32.1 Å². The summed E-state index contributed by atoms with van der Waals surface area (Å²) < 4.78 is 0. The van der Waals surface area contributed by atoms with Gasteiger partial charge in [-0.25, -0.2) is 4.99 Å². The molecular weight excluding hydrogens is 271 g/mol. The Morgan fingerprint density at radius 1 is 1.53 bits per heavy atom. The van der Waals surface area contributed by atoms with Crippen LogP contribution >= 0.6 is 12.2 Å². The minimum absolute atomic E-state index is 0. The molecule has 100 valence electrons. The van der Waals surface area contributed by atoms with Crippen molar-refractivity contribution in [3.8, 4) is 0 Å². The van der Waals surface area contributed by atoms with Crippen LogP contribution in [0.15, 0.2) is 4.99 Å². The maximum atomic E-state index is 12.3. The molecule has 3 unspecified atom stereocenters. The Bertz CT molecular complexity index is 413. The summed E-state index contributed by atoms with van der Waals surface area (Å²) in [6.07, 6.45) is 4.89. The Balaban J connectivity index is 0.00000180. The molecule has 6 heteroatoms. The fourth-order valence-corrected chi connectivity index (χ4v) is 3.61. The molecule has 19 heavy (non-hydrogen) atoms. The number of hydrogen-bond donors (Lipinski definition) is 1. The number of nitrogens with one attached hydrogen (secondary N) is 1. The second kappa shape index (κ2) is 6.66. The molecule has 1 aliphatic heterocycles. The van der Waals surface area contributed by atoms with E-state index in [0.29, 0.717) is 0 Å². The third kappa shape index (κ3) is 2.75. The molecule has 0 radical (unpaired) electrons. The minimum Gasteiger partial charge on any atom is -0.861 e. The van der Waals surface area contributed by atoms with E-state index in [2.05, 4.69) is 17.2 Å². The van der Waals surface area contributed by atoms with Gasteiger partial charge in [0.25, 0.3) is 0 Å². The van der Waals surface area contributed by atoms with Gasteiger partial charge in [-0.05, 0) is 49.2 Å². The number of rotatable bonds is 3. The van der Waals surface area contributed by atoms with Crippen LogP contribution in [-0.2, 0) is 4.79 Å². The second-order valence-corrected chi connectivity index (χ2v) is 5.75. The van der Waals surface area contributed by atoms with Gasteiger partial charge >= 0.3 is 29.6 Å². The molecule has 0 bridgehead atoms. The van der Waals surface area contributed by atoms with Crippen LogP contribution in [0, 0.1) is 17.3 Å². The van der Waals surface area contributed by atoms with Gasteiger partial charge in [-0.1, -0.05) is 26.7 Å². The summed E-state index contributed by atoms with van der Waals surface area (Å²) >= 11 is 4.82. The summed E-state index contributed by atoms with van der Waals surface area (Å²) in [7, 11) is 0. The average Bonchev–Trinajstić information content (AvgIpc) is 2.62. The van der Waals surface area contributed by atoms with Crippen LogP contribution in [-0.4, -0.2) is 16.9 Å².